The van der Waals surface area contributed by atoms with Gasteiger partial charge in [-0.05, 0) is 24.3 Å². The van der Waals surface area contributed by atoms with Crippen molar-refractivity contribution in [3.05, 3.63) is 35.9 Å². The number of ketones is 1. The Kier molecular flexibility index (Phi) is 2.52. The largest absolute Gasteiger partial charge is 0.298 e. The highest BCUT2D eigenvalue weighted by Crippen LogP contribution is 2.33. The van der Waals surface area contributed by atoms with E-state index in [0.29, 0.717) is 11.7 Å². The van der Waals surface area contributed by atoms with Gasteiger partial charge in [-0.25, -0.2) is 0 Å². The van der Waals surface area contributed by atoms with Crippen LogP contribution < -0.4 is 0 Å². The first kappa shape index (κ1) is 10.0. The van der Waals surface area contributed by atoms with Crippen LogP contribution in [-0.2, 0) is 11.3 Å². The highest BCUT2D eigenvalue weighted by atomic mass is 16.1. The van der Waals surface area contributed by atoms with E-state index in [1.54, 1.807) is 0 Å². The molecule has 4 rings (SSSR count). The van der Waals surface area contributed by atoms with Crippen molar-refractivity contribution in [3.8, 4) is 0 Å². The topological polar surface area (TPSA) is 20.3 Å². The van der Waals surface area contributed by atoms with Crippen LogP contribution in [0.1, 0.15) is 24.8 Å². The van der Waals surface area contributed by atoms with Crippen molar-refractivity contribution < 1.29 is 4.79 Å². The number of hydrogen-bond acceptors (Lipinski definition) is 2. The third kappa shape index (κ3) is 1.78. The van der Waals surface area contributed by atoms with E-state index in [-0.39, 0.29) is 6.04 Å². The van der Waals surface area contributed by atoms with Gasteiger partial charge >= 0.3 is 0 Å². The Hall–Kier alpha value is -1.15. The predicted molar refractivity (Wildman–Crippen MR) is 63.0 cm³/mol. The highest BCUT2D eigenvalue weighted by molar-refractivity contribution is 5.85. The molecule has 3 fully saturated rings. The monoisotopic (exact) mass is 215 g/mol. The first-order valence-corrected chi connectivity index (χ1v) is 6.13. The lowest BCUT2D eigenvalue weighted by atomic mass is 9.79. The van der Waals surface area contributed by atoms with Gasteiger partial charge < -0.3 is 0 Å². The van der Waals surface area contributed by atoms with E-state index < -0.39 is 0 Å². The van der Waals surface area contributed by atoms with Gasteiger partial charge in [-0.2, -0.15) is 0 Å². The van der Waals surface area contributed by atoms with Crippen molar-refractivity contribution in [2.45, 2.75) is 31.8 Å². The van der Waals surface area contributed by atoms with E-state index in [1.165, 1.54) is 12.0 Å². The molecule has 2 bridgehead atoms. The molecule has 84 valence electrons. The molecular weight excluding hydrogens is 198 g/mol. The fourth-order valence-corrected chi connectivity index (χ4v) is 3.07. The second kappa shape index (κ2) is 4.02. The van der Waals surface area contributed by atoms with Crippen molar-refractivity contribution >= 4 is 5.78 Å². The summed E-state index contributed by atoms with van der Waals surface area (Å²) in [5.41, 5.74) is 1.32. The van der Waals surface area contributed by atoms with Crippen molar-refractivity contribution in [3.63, 3.8) is 0 Å². The number of nitrogens with zero attached hydrogens (tertiary/aromatic N) is 1. The maximum Gasteiger partial charge on any atom is 0.150 e. The molecule has 0 amide bonds. The first-order valence-electron chi connectivity index (χ1n) is 6.13. The molecule has 1 aliphatic carbocycles. The molecule has 16 heavy (non-hydrogen) atoms. The summed E-state index contributed by atoms with van der Waals surface area (Å²) in [5, 5.41) is 0. The van der Waals surface area contributed by atoms with E-state index in [2.05, 4.69) is 29.2 Å². The number of carbonyl (C=O) groups excluding carboxylic acids is 1. The van der Waals surface area contributed by atoms with Crippen molar-refractivity contribution in [1.82, 2.24) is 4.90 Å². The molecule has 0 radical (unpaired) electrons. The van der Waals surface area contributed by atoms with Crippen molar-refractivity contribution in [1.29, 1.82) is 0 Å². The Morgan fingerprint density at radius 1 is 1.19 bits per heavy atom. The summed E-state index contributed by atoms with van der Waals surface area (Å²) in [6.45, 7) is 2.05. The maximum atomic E-state index is 11.8. The summed E-state index contributed by atoms with van der Waals surface area (Å²) in [6, 6.07) is 10.7. The third-order valence-electron chi connectivity index (χ3n) is 3.87. The van der Waals surface area contributed by atoms with E-state index >= 15 is 0 Å². The Morgan fingerprint density at radius 3 is 2.69 bits per heavy atom. The SMILES string of the molecule is O=C1CC2CCC1N(Cc1ccccc1)C2. The van der Waals surface area contributed by atoms with Gasteiger partial charge in [0, 0.05) is 19.5 Å². The molecule has 1 saturated carbocycles. The van der Waals surface area contributed by atoms with Crippen LogP contribution in [0.15, 0.2) is 30.3 Å². The molecular formula is C14H17NO. The van der Waals surface area contributed by atoms with E-state index in [4.69, 9.17) is 0 Å². The van der Waals surface area contributed by atoms with Gasteiger partial charge in [0.25, 0.3) is 0 Å². The zero-order valence-corrected chi connectivity index (χ0v) is 9.43. The lowest BCUT2D eigenvalue weighted by Crippen LogP contribution is -2.52. The zero-order chi connectivity index (χ0) is 11.0. The zero-order valence-electron chi connectivity index (χ0n) is 9.43. The number of piperidine rings is 2. The summed E-state index contributed by atoms with van der Waals surface area (Å²) < 4.78 is 0. The quantitative estimate of drug-likeness (QED) is 0.754. The van der Waals surface area contributed by atoms with E-state index in [1.807, 2.05) is 6.07 Å². The molecule has 2 heterocycles. The standard InChI is InChI=1S/C14H17NO/c16-14-8-12-6-7-13(14)15(10-12)9-11-4-2-1-3-5-11/h1-5,12-13H,6-10H2. The van der Waals surface area contributed by atoms with Gasteiger partial charge in [-0.15, -0.1) is 0 Å². The molecule has 1 aromatic carbocycles. The molecule has 1 aromatic rings. The maximum absolute atomic E-state index is 11.8. The lowest BCUT2D eigenvalue weighted by Gasteiger charge is -2.44. The molecule has 0 aromatic heterocycles. The minimum Gasteiger partial charge on any atom is -0.298 e. The lowest BCUT2D eigenvalue weighted by molar-refractivity contribution is -0.133. The number of rotatable bonds is 2. The highest BCUT2D eigenvalue weighted by Gasteiger charge is 2.39. The number of fused-ring (bicyclic) bond motifs is 3. The Morgan fingerprint density at radius 2 is 2.00 bits per heavy atom. The van der Waals surface area contributed by atoms with Crippen LogP contribution >= 0.6 is 0 Å². The van der Waals surface area contributed by atoms with Crippen LogP contribution in [0.4, 0.5) is 0 Å². The molecule has 2 heteroatoms. The normalized spacial score (nSPS) is 29.6. The van der Waals surface area contributed by atoms with Crippen LogP contribution in [0.2, 0.25) is 0 Å². The van der Waals surface area contributed by atoms with Crippen LogP contribution in [-0.4, -0.2) is 23.3 Å². The van der Waals surface area contributed by atoms with Crippen LogP contribution in [0, 0.1) is 5.92 Å². The Labute approximate surface area is 96.3 Å². The average molecular weight is 215 g/mol. The van der Waals surface area contributed by atoms with Crippen LogP contribution in [0.3, 0.4) is 0 Å². The summed E-state index contributed by atoms with van der Waals surface area (Å²) in [6.07, 6.45) is 3.16. The van der Waals surface area contributed by atoms with E-state index in [9.17, 15) is 4.79 Å². The average Bonchev–Trinajstić information content (AvgIpc) is 2.30. The minimum absolute atomic E-state index is 0.213. The fraction of sp³-hybridized carbons (Fsp3) is 0.500. The Balaban J connectivity index is 1.74. The molecule has 2 aliphatic heterocycles. The van der Waals surface area contributed by atoms with Crippen LogP contribution in [0.25, 0.3) is 0 Å². The van der Waals surface area contributed by atoms with Crippen molar-refractivity contribution in [2.75, 3.05) is 6.54 Å². The van der Waals surface area contributed by atoms with Gasteiger partial charge in [-0.3, -0.25) is 9.69 Å². The second-order valence-electron chi connectivity index (χ2n) is 5.04. The van der Waals surface area contributed by atoms with Gasteiger partial charge in [0.15, 0.2) is 0 Å². The first-order chi connectivity index (χ1) is 7.83. The van der Waals surface area contributed by atoms with Crippen molar-refractivity contribution in [2.24, 2.45) is 5.92 Å². The molecule has 2 unspecified atom stereocenters. The van der Waals surface area contributed by atoms with E-state index in [0.717, 1.165) is 25.9 Å². The van der Waals surface area contributed by atoms with Gasteiger partial charge in [0.1, 0.15) is 5.78 Å². The van der Waals surface area contributed by atoms with Gasteiger partial charge in [0.05, 0.1) is 6.04 Å². The molecule has 2 nitrogen and oxygen atoms in total. The predicted octanol–water partition coefficient (Wildman–Crippen LogP) is 2.24. The number of hydrogen-bond donors (Lipinski definition) is 0. The summed E-state index contributed by atoms with van der Waals surface area (Å²) in [4.78, 5) is 14.2. The smallest absolute Gasteiger partial charge is 0.150 e. The second-order valence-corrected chi connectivity index (χ2v) is 5.04. The molecule has 0 N–H and O–H groups in total. The third-order valence-corrected chi connectivity index (χ3v) is 3.87. The fourth-order valence-electron chi connectivity index (χ4n) is 3.07. The number of benzene rings is 1. The number of Topliss-reactive ketones (excluding diaryl/α,β-unsaturated/α-hetero) is 1. The molecule has 2 atom stereocenters. The summed E-state index contributed by atoms with van der Waals surface area (Å²) >= 11 is 0. The van der Waals surface area contributed by atoms with Gasteiger partial charge in [-0.1, -0.05) is 30.3 Å². The molecule has 3 aliphatic rings. The van der Waals surface area contributed by atoms with Gasteiger partial charge in [0.2, 0.25) is 0 Å². The Bertz CT molecular complexity index is 387. The molecule has 2 saturated heterocycles. The minimum atomic E-state index is 0.213. The van der Waals surface area contributed by atoms with Crippen LogP contribution in [0.5, 0.6) is 0 Å². The number of carbonyl (C=O) groups is 1. The molecule has 0 spiro atoms. The summed E-state index contributed by atoms with van der Waals surface area (Å²) in [7, 11) is 0. The summed E-state index contributed by atoms with van der Waals surface area (Å²) in [5.74, 6) is 1.10.